The third-order valence-electron chi connectivity index (χ3n) is 3.11. The van der Waals surface area contributed by atoms with Crippen molar-refractivity contribution in [2.24, 2.45) is 0 Å². The highest BCUT2D eigenvalue weighted by molar-refractivity contribution is 5.87. The molecule has 0 bridgehead atoms. The molecule has 0 aromatic heterocycles. The summed E-state index contributed by atoms with van der Waals surface area (Å²) in [5.74, 6) is -4.62. The first-order valence-electron chi connectivity index (χ1n) is 5.13. The zero-order valence-electron chi connectivity index (χ0n) is 9.24. The van der Waals surface area contributed by atoms with Crippen LogP contribution in [-0.2, 0) is 21.6 Å². The highest BCUT2D eigenvalue weighted by Gasteiger charge is 2.77. The van der Waals surface area contributed by atoms with Gasteiger partial charge in [-0.05, 0) is 11.1 Å². The molecule has 17 heavy (non-hydrogen) atoms. The van der Waals surface area contributed by atoms with Crippen LogP contribution in [-0.4, -0.2) is 24.1 Å². The molecule has 3 nitrogen and oxygen atoms in total. The molecule has 0 radical (unpaired) electrons. The summed E-state index contributed by atoms with van der Waals surface area (Å²) in [6, 6.07) is 6.09. The van der Waals surface area contributed by atoms with Crippen LogP contribution < -0.4 is 0 Å². The molecule has 1 saturated carbocycles. The van der Waals surface area contributed by atoms with Crippen LogP contribution in [0.4, 0.5) is 8.78 Å². The predicted octanol–water partition coefficient (Wildman–Crippen LogP) is 2.19. The van der Waals surface area contributed by atoms with Gasteiger partial charge in [0.15, 0.2) is 5.41 Å². The Morgan fingerprint density at radius 1 is 1.41 bits per heavy atom. The molecule has 1 N–H and O–H groups in total. The standard InChI is InChI=1S/C12H12F2O3/c1-17-6-8-2-4-9(5-3-8)11(10(15)16)7-12(11,13)14/h2-5H,6-7H2,1H3,(H,15,16). The van der Waals surface area contributed by atoms with Gasteiger partial charge in [-0.3, -0.25) is 4.79 Å². The Kier molecular flexibility index (Phi) is 2.66. The summed E-state index contributed by atoms with van der Waals surface area (Å²) in [6.45, 7) is 0.372. The molecule has 1 aromatic rings. The second kappa shape index (κ2) is 3.77. The van der Waals surface area contributed by atoms with E-state index in [4.69, 9.17) is 9.84 Å². The van der Waals surface area contributed by atoms with Gasteiger partial charge in [0.1, 0.15) is 0 Å². The molecular formula is C12H12F2O3. The van der Waals surface area contributed by atoms with Crippen molar-refractivity contribution in [3.8, 4) is 0 Å². The third-order valence-corrected chi connectivity index (χ3v) is 3.11. The zero-order valence-corrected chi connectivity index (χ0v) is 9.24. The van der Waals surface area contributed by atoms with Gasteiger partial charge in [0.2, 0.25) is 0 Å². The maximum atomic E-state index is 13.2. The normalized spacial score (nSPS) is 25.6. The summed E-state index contributed by atoms with van der Waals surface area (Å²) in [5, 5.41) is 8.96. The molecule has 0 saturated heterocycles. The lowest BCUT2D eigenvalue weighted by atomic mass is 9.94. The van der Waals surface area contributed by atoms with Gasteiger partial charge in [0.05, 0.1) is 6.61 Å². The van der Waals surface area contributed by atoms with Gasteiger partial charge in [0.25, 0.3) is 5.92 Å². The monoisotopic (exact) mass is 242 g/mol. The SMILES string of the molecule is COCc1ccc(C2(C(=O)O)CC2(F)F)cc1. The van der Waals surface area contributed by atoms with E-state index in [1.54, 1.807) is 12.1 Å². The smallest absolute Gasteiger partial charge is 0.320 e. The zero-order chi connectivity index (χ0) is 12.7. The van der Waals surface area contributed by atoms with Crippen LogP contribution in [0.2, 0.25) is 0 Å². The number of alkyl halides is 2. The fourth-order valence-corrected chi connectivity index (χ4v) is 2.01. The van der Waals surface area contributed by atoms with E-state index in [1.807, 2.05) is 0 Å². The Morgan fingerprint density at radius 2 is 1.94 bits per heavy atom. The first kappa shape index (κ1) is 12.0. The van der Waals surface area contributed by atoms with E-state index in [1.165, 1.54) is 19.2 Å². The van der Waals surface area contributed by atoms with Crippen LogP contribution in [0, 0.1) is 0 Å². The molecule has 0 heterocycles. The number of benzene rings is 1. The topological polar surface area (TPSA) is 46.5 Å². The minimum absolute atomic E-state index is 0.148. The quantitative estimate of drug-likeness (QED) is 0.880. The van der Waals surface area contributed by atoms with Crippen molar-refractivity contribution in [2.45, 2.75) is 24.4 Å². The lowest BCUT2D eigenvalue weighted by Crippen LogP contribution is -2.27. The maximum Gasteiger partial charge on any atom is 0.320 e. The molecule has 0 aliphatic heterocycles. The maximum absolute atomic E-state index is 13.2. The number of aliphatic carboxylic acids is 1. The number of carbonyl (C=O) groups is 1. The molecule has 1 unspecified atom stereocenters. The molecule has 1 aliphatic carbocycles. The number of methoxy groups -OCH3 is 1. The fraction of sp³-hybridized carbons (Fsp3) is 0.417. The first-order chi connectivity index (χ1) is 7.94. The molecule has 5 heteroatoms. The molecule has 1 aliphatic rings. The van der Waals surface area contributed by atoms with Gasteiger partial charge in [-0.2, -0.15) is 0 Å². The Bertz CT molecular complexity index is 442. The highest BCUT2D eigenvalue weighted by Crippen LogP contribution is 2.61. The van der Waals surface area contributed by atoms with Crippen molar-refractivity contribution < 1.29 is 23.4 Å². The summed E-state index contributed by atoms with van der Waals surface area (Å²) in [7, 11) is 1.53. The Morgan fingerprint density at radius 3 is 2.29 bits per heavy atom. The molecule has 1 aromatic carbocycles. The number of ether oxygens (including phenoxy) is 1. The highest BCUT2D eigenvalue weighted by atomic mass is 19.3. The van der Waals surface area contributed by atoms with Crippen molar-refractivity contribution in [2.75, 3.05) is 7.11 Å². The van der Waals surface area contributed by atoms with Crippen molar-refractivity contribution >= 4 is 5.97 Å². The van der Waals surface area contributed by atoms with Crippen LogP contribution >= 0.6 is 0 Å². The van der Waals surface area contributed by atoms with Crippen molar-refractivity contribution in [3.05, 3.63) is 35.4 Å². The number of carboxylic acid groups (broad SMARTS) is 1. The van der Waals surface area contributed by atoms with Crippen molar-refractivity contribution in [3.63, 3.8) is 0 Å². The molecule has 1 fully saturated rings. The van der Waals surface area contributed by atoms with E-state index in [0.29, 0.717) is 6.61 Å². The van der Waals surface area contributed by atoms with Crippen LogP contribution in [0.1, 0.15) is 17.5 Å². The number of hydrogen-bond acceptors (Lipinski definition) is 2. The van der Waals surface area contributed by atoms with Gasteiger partial charge in [0, 0.05) is 13.5 Å². The Hall–Kier alpha value is -1.49. The van der Waals surface area contributed by atoms with Gasteiger partial charge < -0.3 is 9.84 Å². The molecule has 2 rings (SSSR count). The second-order valence-corrected chi connectivity index (χ2v) is 4.22. The van der Waals surface area contributed by atoms with E-state index in [-0.39, 0.29) is 5.56 Å². The fourth-order valence-electron chi connectivity index (χ4n) is 2.01. The average molecular weight is 242 g/mol. The largest absolute Gasteiger partial charge is 0.480 e. The minimum atomic E-state index is -3.15. The average Bonchev–Trinajstić information content (AvgIpc) is 2.85. The molecule has 0 amide bonds. The van der Waals surface area contributed by atoms with Crippen LogP contribution in [0.25, 0.3) is 0 Å². The summed E-state index contributed by atoms with van der Waals surface area (Å²) < 4.78 is 31.4. The minimum Gasteiger partial charge on any atom is -0.480 e. The van der Waals surface area contributed by atoms with E-state index in [9.17, 15) is 13.6 Å². The predicted molar refractivity (Wildman–Crippen MR) is 56.0 cm³/mol. The van der Waals surface area contributed by atoms with E-state index in [0.717, 1.165) is 5.56 Å². The molecular weight excluding hydrogens is 230 g/mol. The Balaban J connectivity index is 2.31. The lowest BCUT2D eigenvalue weighted by Gasteiger charge is -2.12. The van der Waals surface area contributed by atoms with Crippen molar-refractivity contribution in [1.82, 2.24) is 0 Å². The first-order valence-corrected chi connectivity index (χ1v) is 5.13. The van der Waals surface area contributed by atoms with Gasteiger partial charge >= 0.3 is 5.97 Å². The molecule has 1 atom stereocenters. The second-order valence-electron chi connectivity index (χ2n) is 4.22. The van der Waals surface area contributed by atoms with Crippen LogP contribution in [0.5, 0.6) is 0 Å². The molecule has 0 spiro atoms. The summed E-state index contributed by atoms with van der Waals surface area (Å²) in [4.78, 5) is 11.0. The van der Waals surface area contributed by atoms with Gasteiger partial charge in [-0.25, -0.2) is 8.78 Å². The van der Waals surface area contributed by atoms with Crippen LogP contribution in [0.3, 0.4) is 0 Å². The van der Waals surface area contributed by atoms with Gasteiger partial charge in [-0.15, -0.1) is 0 Å². The molecule has 92 valence electrons. The summed E-state index contributed by atoms with van der Waals surface area (Å²) in [5.41, 5.74) is -1.06. The number of hydrogen-bond donors (Lipinski definition) is 1. The number of carboxylic acids is 1. The van der Waals surface area contributed by atoms with Crippen molar-refractivity contribution in [1.29, 1.82) is 0 Å². The third kappa shape index (κ3) is 1.70. The summed E-state index contributed by atoms with van der Waals surface area (Å²) >= 11 is 0. The number of halogens is 2. The van der Waals surface area contributed by atoms with Crippen LogP contribution in [0.15, 0.2) is 24.3 Å². The van der Waals surface area contributed by atoms with E-state index >= 15 is 0 Å². The van der Waals surface area contributed by atoms with E-state index in [2.05, 4.69) is 0 Å². The van der Waals surface area contributed by atoms with E-state index < -0.39 is 23.7 Å². The Labute approximate surface area is 97.0 Å². The number of rotatable bonds is 4. The van der Waals surface area contributed by atoms with Gasteiger partial charge in [-0.1, -0.05) is 24.3 Å². The lowest BCUT2D eigenvalue weighted by molar-refractivity contribution is -0.142. The summed E-state index contributed by atoms with van der Waals surface area (Å²) in [6.07, 6.45) is -0.626.